The quantitative estimate of drug-likeness (QED) is 0.566. The maximum Gasteiger partial charge on any atom is 0.0955 e. The number of rotatable bonds is 3. The van der Waals surface area contributed by atoms with Crippen LogP contribution >= 0.6 is 0 Å². The van der Waals surface area contributed by atoms with Crippen molar-refractivity contribution < 1.29 is 0 Å². The molecule has 1 N–H and O–H groups in total. The summed E-state index contributed by atoms with van der Waals surface area (Å²) in [5, 5.41) is 7.60. The first-order chi connectivity index (χ1) is 6.24. The van der Waals surface area contributed by atoms with Gasteiger partial charge in [0.05, 0.1) is 5.84 Å². The average Bonchev–Trinajstić information content (AvgIpc) is 2.18. The zero-order valence-corrected chi connectivity index (χ0v) is 8.12. The van der Waals surface area contributed by atoms with Gasteiger partial charge in [0, 0.05) is 32.4 Å². The summed E-state index contributed by atoms with van der Waals surface area (Å²) in [6.45, 7) is 2.78. The highest BCUT2D eigenvalue weighted by atomic mass is 15.1. The second kappa shape index (κ2) is 4.60. The van der Waals surface area contributed by atoms with Crippen LogP contribution < -0.4 is 0 Å². The molecule has 1 rings (SSSR count). The van der Waals surface area contributed by atoms with Gasteiger partial charge in [0.2, 0.25) is 0 Å². The Balaban J connectivity index is 2.55. The molecule has 0 aliphatic carbocycles. The van der Waals surface area contributed by atoms with Gasteiger partial charge in [-0.15, -0.1) is 0 Å². The minimum absolute atomic E-state index is 0.664. The summed E-state index contributed by atoms with van der Waals surface area (Å²) >= 11 is 0. The van der Waals surface area contributed by atoms with Gasteiger partial charge in [-0.25, -0.2) is 0 Å². The molecule has 0 radical (unpaired) electrons. The Bertz CT molecular complexity index is 269. The maximum atomic E-state index is 7.60. The van der Waals surface area contributed by atoms with Crippen molar-refractivity contribution >= 4 is 5.84 Å². The van der Waals surface area contributed by atoms with Crippen LogP contribution in [-0.2, 0) is 6.54 Å². The minimum atomic E-state index is 0.664. The molecule has 70 valence electrons. The number of amidine groups is 1. The molecule has 0 unspecified atom stereocenters. The lowest BCUT2D eigenvalue weighted by Crippen LogP contribution is -2.24. The number of aromatic nitrogens is 1. The molecule has 3 nitrogen and oxygen atoms in total. The first-order valence-corrected chi connectivity index (χ1v) is 4.41. The topological polar surface area (TPSA) is 40.0 Å². The van der Waals surface area contributed by atoms with E-state index in [0.29, 0.717) is 5.84 Å². The fourth-order valence-electron chi connectivity index (χ4n) is 1.13. The number of hydrogen-bond donors (Lipinski definition) is 1. The lowest BCUT2D eigenvalue weighted by Gasteiger charge is -2.18. The molecular formula is C10H15N3. The Morgan fingerprint density at radius 3 is 2.62 bits per heavy atom. The van der Waals surface area contributed by atoms with Gasteiger partial charge in [0.1, 0.15) is 0 Å². The molecule has 13 heavy (non-hydrogen) atoms. The van der Waals surface area contributed by atoms with Crippen LogP contribution in [0.5, 0.6) is 0 Å². The summed E-state index contributed by atoms with van der Waals surface area (Å²) in [7, 11) is 1.94. The molecule has 1 aromatic rings. The smallest absolute Gasteiger partial charge is 0.0955 e. The third-order valence-corrected chi connectivity index (χ3v) is 1.96. The van der Waals surface area contributed by atoms with Crippen molar-refractivity contribution in [1.29, 1.82) is 5.41 Å². The van der Waals surface area contributed by atoms with E-state index in [2.05, 4.69) is 4.98 Å². The number of hydrogen-bond acceptors (Lipinski definition) is 2. The lowest BCUT2D eigenvalue weighted by atomic mass is 10.2. The standard InChI is InChI=1S/C10H15N3/c1-3-10(11)13(2)8-9-4-6-12-7-5-9/h4-7,11H,3,8H2,1-2H3. The Hall–Kier alpha value is -1.38. The largest absolute Gasteiger partial charge is 0.359 e. The maximum absolute atomic E-state index is 7.60. The van der Waals surface area contributed by atoms with Crippen molar-refractivity contribution in [2.75, 3.05) is 7.05 Å². The molecule has 1 aromatic heterocycles. The van der Waals surface area contributed by atoms with Crippen LogP contribution in [0.15, 0.2) is 24.5 Å². The van der Waals surface area contributed by atoms with Gasteiger partial charge >= 0.3 is 0 Å². The highest BCUT2D eigenvalue weighted by molar-refractivity contribution is 5.78. The van der Waals surface area contributed by atoms with Crippen LogP contribution in [0, 0.1) is 5.41 Å². The van der Waals surface area contributed by atoms with E-state index < -0.39 is 0 Å². The lowest BCUT2D eigenvalue weighted by molar-refractivity contribution is 0.487. The third kappa shape index (κ3) is 2.86. The van der Waals surface area contributed by atoms with Gasteiger partial charge in [-0.1, -0.05) is 6.92 Å². The van der Waals surface area contributed by atoms with Gasteiger partial charge in [-0.2, -0.15) is 0 Å². The molecule has 0 aromatic carbocycles. The molecular weight excluding hydrogens is 162 g/mol. The van der Waals surface area contributed by atoms with E-state index in [1.54, 1.807) is 12.4 Å². The number of nitrogens with zero attached hydrogens (tertiary/aromatic N) is 2. The van der Waals surface area contributed by atoms with E-state index in [9.17, 15) is 0 Å². The Kier molecular flexibility index (Phi) is 3.43. The fraction of sp³-hybridized carbons (Fsp3) is 0.400. The summed E-state index contributed by atoms with van der Waals surface area (Å²) < 4.78 is 0. The van der Waals surface area contributed by atoms with E-state index >= 15 is 0 Å². The molecule has 0 bridgehead atoms. The van der Waals surface area contributed by atoms with Crippen LogP contribution in [0.2, 0.25) is 0 Å². The molecule has 3 heteroatoms. The Morgan fingerprint density at radius 2 is 2.08 bits per heavy atom. The summed E-state index contributed by atoms with van der Waals surface area (Å²) in [6, 6.07) is 3.94. The second-order valence-electron chi connectivity index (χ2n) is 3.01. The van der Waals surface area contributed by atoms with Gasteiger partial charge in [-0.05, 0) is 17.7 Å². The molecule has 0 aliphatic heterocycles. The molecule has 0 saturated heterocycles. The van der Waals surface area contributed by atoms with Crippen molar-refractivity contribution in [3.05, 3.63) is 30.1 Å². The van der Waals surface area contributed by atoms with Crippen LogP contribution in [0.3, 0.4) is 0 Å². The molecule has 0 atom stereocenters. The van der Waals surface area contributed by atoms with Crippen LogP contribution in [0.25, 0.3) is 0 Å². The first-order valence-electron chi connectivity index (χ1n) is 4.41. The monoisotopic (exact) mass is 177 g/mol. The molecule has 1 heterocycles. The minimum Gasteiger partial charge on any atom is -0.359 e. The third-order valence-electron chi connectivity index (χ3n) is 1.96. The van der Waals surface area contributed by atoms with Crippen molar-refractivity contribution in [1.82, 2.24) is 9.88 Å². The van der Waals surface area contributed by atoms with Crippen molar-refractivity contribution in [2.45, 2.75) is 19.9 Å². The molecule has 0 fully saturated rings. The van der Waals surface area contributed by atoms with E-state index in [4.69, 9.17) is 5.41 Å². The summed E-state index contributed by atoms with van der Waals surface area (Å²) in [4.78, 5) is 5.89. The van der Waals surface area contributed by atoms with Gasteiger partial charge in [-0.3, -0.25) is 10.4 Å². The summed E-state index contributed by atoms with van der Waals surface area (Å²) in [5.41, 5.74) is 1.19. The summed E-state index contributed by atoms with van der Waals surface area (Å²) in [6.07, 6.45) is 4.33. The van der Waals surface area contributed by atoms with Gasteiger partial charge < -0.3 is 4.90 Å². The van der Waals surface area contributed by atoms with Gasteiger partial charge in [0.15, 0.2) is 0 Å². The Morgan fingerprint density at radius 1 is 1.46 bits per heavy atom. The van der Waals surface area contributed by atoms with Crippen molar-refractivity contribution in [3.63, 3.8) is 0 Å². The molecule has 0 aliphatic rings. The van der Waals surface area contributed by atoms with E-state index in [-0.39, 0.29) is 0 Å². The summed E-state index contributed by atoms with van der Waals surface area (Å²) in [5.74, 6) is 0.664. The highest BCUT2D eigenvalue weighted by Crippen LogP contribution is 2.02. The number of nitrogens with one attached hydrogen (secondary N) is 1. The van der Waals surface area contributed by atoms with Crippen LogP contribution in [0.4, 0.5) is 0 Å². The predicted octanol–water partition coefficient (Wildman–Crippen LogP) is 1.90. The SMILES string of the molecule is CCC(=N)N(C)Cc1ccncc1. The molecule has 0 amide bonds. The van der Waals surface area contributed by atoms with Crippen LogP contribution in [-0.4, -0.2) is 22.8 Å². The van der Waals surface area contributed by atoms with Crippen LogP contribution in [0.1, 0.15) is 18.9 Å². The Labute approximate surface area is 78.9 Å². The second-order valence-corrected chi connectivity index (χ2v) is 3.01. The van der Waals surface area contributed by atoms with E-state index in [1.165, 1.54) is 5.56 Å². The zero-order valence-electron chi connectivity index (χ0n) is 8.12. The first kappa shape index (κ1) is 9.71. The fourth-order valence-corrected chi connectivity index (χ4v) is 1.13. The normalized spacial score (nSPS) is 9.69. The van der Waals surface area contributed by atoms with Crippen molar-refractivity contribution in [2.24, 2.45) is 0 Å². The highest BCUT2D eigenvalue weighted by Gasteiger charge is 2.01. The van der Waals surface area contributed by atoms with E-state index in [1.807, 2.05) is 31.0 Å². The van der Waals surface area contributed by atoms with E-state index in [0.717, 1.165) is 13.0 Å². The van der Waals surface area contributed by atoms with Crippen molar-refractivity contribution in [3.8, 4) is 0 Å². The van der Waals surface area contributed by atoms with Gasteiger partial charge in [0.25, 0.3) is 0 Å². The number of pyridine rings is 1. The predicted molar refractivity (Wildman–Crippen MR) is 53.7 cm³/mol. The molecule has 0 saturated carbocycles. The molecule has 0 spiro atoms. The zero-order chi connectivity index (χ0) is 9.68. The average molecular weight is 177 g/mol.